The van der Waals surface area contributed by atoms with Crippen LogP contribution in [0.25, 0.3) is 33.6 Å². The number of hydrogen-bond acceptors (Lipinski definition) is 2. The van der Waals surface area contributed by atoms with E-state index in [-0.39, 0.29) is 5.82 Å². The number of halogens is 1. The van der Waals surface area contributed by atoms with E-state index in [1.165, 1.54) is 12.1 Å². The highest BCUT2D eigenvalue weighted by atomic mass is 19.1. The molecule has 5 rings (SSSR count). The fourth-order valence-corrected chi connectivity index (χ4v) is 3.69. The Balaban J connectivity index is 1.80. The van der Waals surface area contributed by atoms with Gasteiger partial charge in [-0.2, -0.15) is 0 Å². The molecule has 0 saturated carbocycles. The smallest absolute Gasteiger partial charge is 0.129 e. The molecular weight excluding hydrogens is 349 g/mol. The van der Waals surface area contributed by atoms with Crippen molar-refractivity contribution in [1.82, 2.24) is 4.98 Å². The second-order valence-electron chi connectivity index (χ2n) is 7.04. The number of benzene rings is 3. The highest BCUT2D eigenvalue weighted by molar-refractivity contribution is 5.83. The van der Waals surface area contributed by atoms with Gasteiger partial charge in [0.05, 0.1) is 11.4 Å². The molecule has 4 aromatic rings. The van der Waals surface area contributed by atoms with Crippen molar-refractivity contribution in [3.05, 3.63) is 95.8 Å². The summed E-state index contributed by atoms with van der Waals surface area (Å²) in [4.78, 5) is 5.02. The van der Waals surface area contributed by atoms with Crippen LogP contribution in [0, 0.1) is 12.7 Å². The average Bonchev–Trinajstić information content (AvgIpc) is 2.74. The van der Waals surface area contributed by atoms with Crippen LogP contribution in [0.4, 0.5) is 4.39 Å². The molecule has 1 aromatic heterocycles. The van der Waals surface area contributed by atoms with Crippen LogP contribution in [-0.4, -0.2) is 4.98 Å². The second-order valence-corrected chi connectivity index (χ2v) is 7.04. The third-order valence-electron chi connectivity index (χ3n) is 5.11. The highest BCUT2D eigenvalue weighted by Crippen LogP contribution is 2.42. The van der Waals surface area contributed by atoms with Crippen molar-refractivity contribution in [3.8, 4) is 39.4 Å². The van der Waals surface area contributed by atoms with E-state index in [1.54, 1.807) is 0 Å². The van der Waals surface area contributed by atoms with Gasteiger partial charge in [0.1, 0.15) is 18.2 Å². The molecule has 3 heteroatoms. The predicted molar refractivity (Wildman–Crippen MR) is 110 cm³/mol. The fourth-order valence-electron chi connectivity index (χ4n) is 3.69. The van der Waals surface area contributed by atoms with E-state index in [0.717, 1.165) is 50.5 Å². The van der Waals surface area contributed by atoms with Gasteiger partial charge in [0.2, 0.25) is 0 Å². The molecule has 0 saturated heterocycles. The van der Waals surface area contributed by atoms with Crippen LogP contribution in [0.1, 0.15) is 11.1 Å². The minimum absolute atomic E-state index is 0.243. The highest BCUT2D eigenvalue weighted by Gasteiger charge is 2.23. The second kappa shape index (κ2) is 6.61. The van der Waals surface area contributed by atoms with Gasteiger partial charge in [-0.1, -0.05) is 54.1 Å². The van der Waals surface area contributed by atoms with Gasteiger partial charge in [-0.25, -0.2) is 9.37 Å². The van der Waals surface area contributed by atoms with Crippen LogP contribution in [-0.2, 0) is 6.61 Å². The Morgan fingerprint density at radius 2 is 1.61 bits per heavy atom. The number of nitrogens with zero attached hydrogens (tertiary/aromatic N) is 1. The summed E-state index contributed by atoms with van der Waals surface area (Å²) < 4.78 is 19.5. The van der Waals surface area contributed by atoms with Crippen LogP contribution in [0.15, 0.2) is 78.9 Å². The Bertz CT molecular complexity index is 1170. The minimum atomic E-state index is -0.243. The van der Waals surface area contributed by atoms with Crippen molar-refractivity contribution >= 4 is 0 Å². The van der Waals surface area contributed by atoms with Crippen LogP contribution < -0.4 is 4.74 Å². The van der Waals surface area contributed by atoms with Gasteiger partial charge in [-0.3, -0.25) is 0 Å². The topological polar surface area (TPSA) is 22.1 Å². The molecule has 2 nitrogen and oxygen atoms in total. The summed E-state index contributed by atoms with van der Waals surface area (Å²) in [5.74, 6) is 0.605. The number of rotatable bonds is 2. The minimum Gasteiger partial charge on any atom is -0.488 e. The molecule has 0 fully saturated rings. The van der Waals surface area contributed by atoms with Crippen molar-refractivity contribution in [3.63, 3.8) is 0 Å². The van der Waals surface area contributed by atoms with Gasteiger partial charge in [0.25, 0.3) is 0 Å². The van der Waals surface area contributed by atoms with Crippen LogP contribution in [0.3, 0.4) is 0 Å². The van der Waals surface area contributed by atoms with E-state index >= 15 is 0 Å². The summed E-state index contributed by atoms with van der Waals surface area (Å²) in [6.45, 7) is 2.51. The maximum absolute atomic E-state index is 13.5. The van der Waals surface area contributed by atoms with E-state index in [2.05, 4.69) is 31.2 Å². The fraction of sp³-hybridized carbons (Fsp3) is 0.0800. The number of aromatic nitrogens is 1. The Hall–Kier alpha value is -3.46. The summed E-state index contributed by atoms with van der Waals surface area (Å²) >= 11 is 0. The zero-order valence-electron chi connectivity index (χ0n) is 15.4. The van der Waals surface area contributed by atoms with E-state index in [9.17, 15) is 4.39 Å². The van der Waals surface area contributed by atoms with Gasteiger partial charge in [0, 0.05) is 16.7 Å². The molecule has 0 amide bonds. The molecule has 0 unspecified atom stereocenters. The summed E-state index contributed by atoms with van der Waals surface area (Å²) in [7, 11) is 0. The molecule has 0 aliphatic carbocycles. The molecule has 1 aliphatic rings. The van der Waals surface area contributed by atoms with Gasteiger partial charge >= 0.3 is 0 Å². The van der Waals surface area contributed by atoms with Crippen molar-refractivity contribution < 1.29 is 9.13 Å². The number of aryl methyl sites for hydroxylation is 1. The lowest BCUT2D eigenvalue weighted by Crippen LogP contribution is -2.10. The van der Waals surface area contributed by atoms with Gasteiger partial charge in [0.15, 0.2) is 0 Å². The molecular formula is C25H18FNO. The van der Waals surface area contributed by atoms with E-state index in [0.29, 0.717) is 6.61 Å². The average molecular weight is 367 g/mol. The first kappa shape index (κ1) is 16.7. The SMILES string of the molecule is Cc1ccc2c(c1)-c1nc(-c3ccccc3)cc(-c3ccc(F)cc3)c1CO2. The summed E-state index contributed by atoms with van der Waals surface area (Å²) in [5.41, 5.74) is 8.05. The Morgan fingerprint density at radius 1 is 0.821 bits per heavy atom. The molecule has 0 bridgehead atoms. The third-order valence-corrected chi connectivity index (χ3v) is 5.11. The number of pyridine rings is 1. The van der Waals surface area contributed by atoms with Crippen LogP contribution >= 0.6 is 0 Å². The Morgan fingerprint density at radius 3 is 2.39 bits per heavy atom. The molecule has 3 aromatic carbocycles. The molecule has 2 heterocycles. The third kappa shape index (κ3) is 2.85. The molecule has 0 atom stereocenters. The summed E-state index contributed by atoms with van der Waals surface area (Å²) in [6, 6.07) is 25.0. The molecule has 0 radical (unpaired) electrons. The Kier molecular flexibility index (Phi) is 3.94. The van der Waals surface area contributed by atoms with Crippen LogP contribution in [0.5, 0.6) is 5.75 Å². The number of ether oxygens (including phenoxy) is 1. The molecule has 1 aliphatic heterocycles. The van der Waals surface area contributed by atoms with E-state index in [4.69, 9.17) is 9.72 Å². The van der Waals surface area contributed by atoms with Crippen molar-refractivity contribution in [1.29, 1.82) is 0 Å². The molecule has 136 valence electrons. The van der Waals surface area contributed by atoms with E-state index < -0.39 is 0 Å². The maximum atomic E-state index is 13.5. The zero-order valence-corrected chi connectivity index (χ0v) is 15.4. The lowest BCUT2D eigenvalue weighted by Gasteiger charge is -2.24. The zero-order chi connectivity index (χ0) is 19.1. The van der Waals surface area contributed by atoms with Gasteiger partial charge in [-0.15, -0.1) is 0 Å². The van der Waals surface area contributed by atoms with E-state index in [1.807, 2.05) is 42.5 Å². The van der Waals surface area contributed by atoms with Crippen molar-refractivity contribution in [2.45, 2.75) is 13.5 Å². The summed E-state index contributed by atoms with van der Waals surface area (Å²) in [6.07, 6.45) is 0. The largest absolute Gasteiger partial charge is 0.488 e. The molecule has 0 spiro atoms. The first-order chi connectivity index (χ1) is 13.7. The first-order valence-corrected chi connectivity index (χ1v) is 9.28. The van der Waals surface area contributed by atoms with Crippen molar-refractivity contribution in [2.24, 2.45) is 0 Å². The predicted octanol–water partition coefficient (Wildman–Crippen LogP) is 6.42. The summed E-state index contributed by atoms with van der Waals surface area (Å²) in [5, 5.41) is 0. The van der Waals surface area contributed by atoms with Crippen molar-refractivity contribution in [2.75, 3.05) is 0 Å². The quantitative estimate of drug-likeness (QED) is 0.408. The lowest BCUT2D eigenvalue weighted by atomic mass is 9.92. The monoisotopic (exact) mass is 367 g/mol. The standard InChI is InChI=1S/C25H18FNO/c1-16-7-12-24-21(13-16)25-22(15-28-24)20(17-8-10-19(26)11-9-17)14-23(27-25)18-5-3-2-4-6-18/h2-14H,15H2,1H3. The Labute approximate surface area is 163 Å². The number of hydrogen-bond donors (Lipinski definition) is 0. The normalized spacial score (nSPS) is 12.1. The first-order valence-electron chi connectivity index (χ1n) is 9.28. The van der Waals surface area contributed by atoms with Gasteiger partial charge in [-0.05, 0) is 48.4 Å². The molecule has 0 N–H and O–H groups in total. The number of fused-ring (bicyclic) bond motifs is 3. The van der Waals surface area contributed by atoms with Crippen LogP contribution in [0.2, 0.25) is 0 Å². The maximum Gasteiger partial charge on any atom is 0.129 e. The lowest BCUT2D eigenvalue weighted by molar-refractivity contribution is 0.302. The van der Waals surface area contributed by atoms with Gasteiger partial charge < -0.3 is 4.74 Å². The molecule has 28 heavy (non-hydrogen) atoms.